The lowest BCUT2D eigenvalue weighted by Crippen LogP contribution is -2.46. The van der Waals surface area contributed by atoms with E-state index in [1.807, 2.05) is 0 Å². The number of allylic oxidation sites excluding steroid dienone is 3. The van der Waals surface area contributed by atoms with Gasteiger partial charge in [-0.05, 0) is 110 Å². The normalized spacial score (nSPS) is 33.9. The van der Waals surface area contributed by atoms with Crippen molar-refractivity contribution in [1.29, 1.82) is 0 Å². The largest absolute Gasteiger partial charge is 0.457 e. The predicted molar refractivity (Wildman–Crippen MR) is 163 cm³/mol. The van der Waals surface area contributed by atoms with Gasteiger partial charge in [0.1, 0.15) is 11.8 Å². The van der Waals surface area contributed by atoms with Crippen molar-refractivity contribution in [3.8, 4) is 11.8 Å². The number of nitroso groups, excluding NO2 is 1. The Labute approximate surface area is 253 Å². The van der Waals surface area contributed by atoms with E-state index in [0.29, 0.717) is 17.8 Å². The fraction of sp³-hybridized carbons (Fsp3) is 0.639. The Balaban J connectivity index is 1.35. The number of Topliss-reactive ketones (excluding diaryl/α,β-unsaturated/α-hetero) is 1. The van der Waals surface area contributed by atoms with Crippen LogP contribution in [0.15, 0.2) is 52.2 Å². The monoisotopic (exact) mass is 592 g/mol. The second-order valence-corrected chi connectivity index (χ2v) is 13.9. The number of carbonyl (C=O) groups is 1. The second-order valence-electron chi connectivity index (χ2n) is 13.9. The van der Waals surface area contributed by atoms with E-state index in [1.54, 1.807) is 0 Å². The highest BCUT2D eigenvalue weighted by Crippen LogP contribution is 2.66. The lowest BCUT2D eigenvalue weighted by atomic mass is 9.50. The summed E-state index contributed by atoms with van der Waals surface area (Å²) < 4.78 is 37.7. The van der Waals surface area contributed by atoms with Gasteiger partial charge in [-0.25, -0.2) is 0 Å². The minimum atomic E-state index is -4.52. The van der Waals surface area contributed by atoms with E-state index in [-0.39, 0.29) is 41.9 Å². The summed E-state index contributed by atoms with van der Waals surface area (Å²) in [6, 6.07) is 8.86. The Morgan fingerprint density at radius 3 is 2.53 bits per heavy atom. The van der Waals surface area contributed by atoms with E-state index in [9.17, 15) is 22.9 Å². The molecule has 1 saturated heterocycles. The molecule has 2 unspecified atom stereocenters. The lowest BCUT2D eigenvalue weighted by molar-refractivity contribution is -0.127. The number of ketones is 1. The molecule has 1 aromatic carbocycles. The molecule has 4 nitrogen and oxygen atoms in total. The molecule has 0 bridgehead atoms. The Morgan fingerprint density at radius 2 is 1.84 bits per heavy atom. The second kappa shape index (κ2) is 11.9. The van der Waals surface area contributed by atoms with Crippen LogP contribution in [-0.4, -0.2) is 31.1 Å². The van der Waals surface area contributed by atoms with Gasteiger partial charge in [0.25, 0.3) is 0 Å². The summed E-state index contributed by atoms with van der Waals surface area (Å²) in [5, 5.41) is 3.38. The number of benzene rings is 1. The third kappa shape index (κ3) is 5.83. The number of fused-ring (bicyclic) bond motifs is 4. The van der Waals surface area contributed by atoms with E-state index in [4.69, 9.17) is 0 Å². The van der Waals surface area contributed by atoms with Gasteiger partial charge in [0, 0.05) is 49.4 Å². The first kappa shape index (κ1) is 30.2. The Kier molecular flexibility index (Phi) is 8.35. The van der Waals surface area contributed by atoms with E-state index in [1.165, 1.54) is 53.2 Å². The molecule has 1 aliphatic heterocycles. The minimum Gasteiger partial charge on any atom is -0.372 e. The highest BCUT2D eigenvalue weighted by Gasteiger charge is 2.58. The van der Waals surface area contributed by atoms with Gasteiger partial charge in [0.05, 0.1) is 0 Å². The van der Waals surface area contributed by atoms with Crippen molar-refractivity contribution in [2.24, 2.45) is 34.3 Å². The SMILES string of the molecule is CC1C[C@@H]2C(=C3CCC(N=O)C=C31)[C@@H](c1ccc(N3CCCCC3)cc1)C[C@]1(C)[C@@H](C(=O)CCC#CC(F)(F)F)CC[C@@H]21. The van der Waals surface area contributed by atoms with Crippen molar-refractivity contribution in [2.75, 3.05) is 18.0 Å². The molecule has 6 rings (SSSR count). The molecule has 0 amide bonds. The third-order valence-electron chi connectivity index (χ3n) is 11.5. The van der Waals surface area contributed by atoms with Crippen LogP contribution < -0.4 is 4.90 Å². The maximum absolute atomic E-state index is 13.6. The van der Waals surface area contributed by atoms with Gasteiger partial charge in [0.15, 0.2) is 0 Å². The standard InChI is InChI=1S/C36H43F3N2O2/c1-23-20-29-31-15-16-32(33(42)8-4-5-17-36(37,38)39)35(31,2)22-30(34(29)27-14-11-25(40-43)21-28(23)27)24-9-12-26(13-10-24)41-18-6-3-7-19-41/h9-10,12-13,21,23,25,29-32H,3-4,6-8,11,14-16,18-20,22H2,1-2H3/t23?,25?,29-,30+,31-,32+,35-/m0/s1. The van der Waals surface area contributed by atoms with E-state index in [0.717, 1.165) is 51.6 Å². The molecular formula is C36H43F3N2O2. The molecule has 230 valence electrons. The molecule has 0 spiro atoms. The van der Waals surface area contributed by atoms with E-state index >= 15 is 0 Å². The Bertz CT molecular complexity index is 1360. The highest BCUT2D eigenvalue weighted by molar-refractivity contribution is 5.82. The number of alkyl halides is 3. The van der Waals surface area contributed by atoms with Crippen LogP contribution in [-0.2, 0) is 4.79 Å². The number of hydrogen-bond donors (Lipinski definition) is 0. The summed E-state index contributed by atoms with van der Waals surface area (Å²) in [7, 11) is 0. The number of piperidine rings is 1. The fourth-order valence-electron chi connectivity index (χ4n) is 9.58. The van der Waals surface area contributed by atoms with Gasteiger partial charge in [-0.15, -0.1) is 0 Å². The molecule has 43 heavy (non-hydrogen) atoms. The number of carbonyl (C=O) groups excluding carboxylic acids is 1. The quantitative estimate of drug-likeness (QED) is 0.245. The number of rotatable bonds is 6. The topological polar surface area (TPSA) is 49.7 Å². The molecule has 3 fully saturated rings. The van der Waals surface area contributed by atoms with Gasteiger partial charge in [-0.2, -0.15) is 18.1 Å². The first-order chi connectivity index (χ1) is 20.6. The first-order valence-electron chi connectivity index (χ1n) is 16.3. The van der Waals surface area contributed by atoms with Crippen molar-refractivity contribution < 1.29 is 18.0 Å². The lowest BCUT2D eigenvalue weighted by Gasteiger charge is -2.53. The van der Waals surface area contributed by atoms with Gasteiger partial charge >= 0.3 is 6.18 Å². The van der Waals surface area contributed by atoms with Gasteiger partial charge in [-0.1, -0.05) is 48.7 Å². The predicted octanol–water partition coefficient (Wildman–Crippen LogP) is 8.92. The van der Waals surface area contributed by atoms with Crippen LogP contribution in [0.3, 0.4) is 0 Å². The van der Waals surface area contributed by atoms with Crippen LogP contribution in [0.5, 0.6) is 0 Å². The van der Waals surface area contributed by atoms with Crippen LogP contribution in [0.4, 0.5) is 18.9 Å². The number of anilines is 1. The van der Waals surface area contributed by atoms with Crippen LogP contribution in [0.2, 0.25) is 0 Å². The van der Waals surface area contributed by atoms with Crippen molar-refractivity contribution >= 4 is 11.5 Å². The molecule has 1 aromatic rings. The van der Waals surface area contributed by atoms with Crippen molar-refractivity contribution in [3.63, 3.8) is 0 Å². The number of nitrogens with zero attached hydrogens (tertiary/aromatic N) is 2. The average Bonchev–Trinajstić information content (AvgIpc) is 3.36. The molecular weight excluding hydrogens is 549 g/mol. The van der Waals surface area contributed by atoms with Crippen LogP contribution in [0, 0.1) is 45.8 Å². The summed E-state index contributed by atoms with van der Waals surface area (Å²) in [6.45, 7) is 6.74. The minimum absolute atomic E-state index is 0.0488. The van der Waals surface area contributed by atoms with E-state index in [2.05, 4.69) is 60.2 Å². The van der Waals surface area contributed by atoms with Crippen LogP contribution in [0.25, 0.3) is 0 Å². The summed E-state index contributed by atoms with van der Waals surface area (Å²) in [5.74, 6) is 4.63. The molecule has 7 heteroatoms. The zero-order valence-electron chi connectivity index (χ0n) is 25.4. The molecule has 2 saturated carbocycles. The van der Waals surface area contributed by atoms with Crippen LogP contribution in [0.1, 0.15) is 96.0 Å². The summed E-state index contributed by atoms with van der Waals surface area (Å²) in [6.07, 6.45) is 6.59. The van der Waals surface area contributed by atoms with Crippen molar-refractivity contribution in [1.82, 2.24) is 0 Å². The van der Waals surface area contributed by atoms with Crippen molar-refractivity contribution in [2.45, 2.75) is 103 Å². The van der Waals surface area contributed by atoms with E-state index < -0.39 is 6.18 Å². The van der Waals surface area contributed by atoms with Crippen molar-refractivity contribution in [3.05, 3.63) is 57.5 Å². The Morgan fingerprint density at radius 1 is 1.09 bits per heavy atom. The maximum atomic E-state index is 13.6. The molecule has 4 aliphatic carbocycles. The molecule has 1 heterocycles. The van der Waals surface area contributed by atoms with Crippen LogP contribution >= 0.6 is 0 Å². The number of halogens is 3. The summed E-state index contributed by atoms with van der Waals surface area (Å²) in [4.78, 5) is 27.6. The molecule has 5 aliphatic rings. The molecule has 0 aromatic heterocycles. The van der Waals surface area contributed by atoms with Gasteiger partial charge in [-0.3, -0.25) is 4.79 Å². The first-order valence-corrected chi connectivity index (χ1v) is 16.3. The van der Waals surface area contributed by atoms with Gasteiger partial charge in [0.2, 0.25) is 0 Å². The number of hydrogen-bond acceptors (Lipinski definition) is 4. The summed E-state index contributed by atoms with van der Waals surface area (Å²) in [5.41, 5.74) is 6.57. The average molecular weight is 593 g/mol. The Hall–Kier alpha value is -2.88. The fourth-order valence-corrected chi connectivity index (χ4v) is 9.58. The molecule has 0 radical (unpaired) electrons. The molecule has 7 atom stereocenters. The zero-order chi connectivity index (χ0) is 30.4. The zero-order valence-corrected chi connectivity index (χ0v) is 25.4. The summed E-state index contributed by atoms with van der Waals surface area (Å²) >= 11 is 0. The highest BCUT2D eigenvalue weighted by atomic mass is 19.4. The third-order valence-corrected chi connectivity index (χ3v) is 11.5. The maximum Gasteiger partial charge on any atom is 0.457 e. The molecule has 0 N–H and O–H groups in total. The van der Waals surface area contributed by atoms with Gasteiger partial charge < -0.3 is 4.90 Å². The smallest absolute Gasteiger partial charge is 0.372 e.